The van der Waals surface area contributed by atoms with Gasteiger partial charge in [-0.3, -0.25) is 0 Å². The molecule has 3 nitrogen and oxygen atoms in total. The average Bonchev–Trinajstić information content (AvgIpc) is 2.55. The van der Waals surface area contributed by atoms with Crippen LogP contribution in [0.5, 0.6) is 0 Å². The zero-order chi connectivity index (χ0) is 11.5. The van der Waals surface area contributed by atoms with E-state index in [-0.39, 0.29) is 6.04 Å². The maximum Gasteiger partial charge on any atom is 0.106 e. The summed E-state index contributed by atoms with van der Waals surface area (Å²) in [6, 6.07) is 8.56. The predicted octanol–water partition coefficient (Wildman–Crippen LogP) is 2.47. The zero-order valence-corrected chi connectivity index (χ0v) is 9.98. The fraction of sp³-hybridized carbons (Fsp3) is 0.462. The van der Waals surface area contributed by atoms with Crippen molar-refractivity contribution in [3.63, 3.8) is 0 Å². The molecule has 2 rings (SSSR count). The molecule has 1 aromatic heterocycles. The van der Waals surface area contributed by atoms with E-state index in [9.17, 15) is 0 Å². The van der Waals surface area contributed by atoms with Crippen molar-refractivity contribution in [2.75, 3.05) is 0 Å². The van der Waals surface area contributed by atoms with Crippen LogP contribution in [0.1, 0.15) is 25.6 Å². The molecule has 0 radical (unpaired) electrons. The van der Waals surface area contributed by atoms with Gasteiger partial charge in [0.2, 0.25) is 0 Å². The molecule has 0 bridgehead atoms. The van der Waals surface area contributed by atoms with Crippen molar-refractivity contribution in [2.45, 2.75) is 39.3 Å². The van der Waals surface area contributed by atoms with Gasteiger partial charge in [0.25, 0.3) is 0 Å². The molecule has 0 saturated heterocycles. The van der Waals surface area contributed by atoms with Gasteiger partial charge in [-0.25, -0.2) is 4.98 Å². The highest BCUT2D eigenvalue weighted by molar-refractivity contribution is 5.75. The number of imidazole rings is 1. The highest BCUT2D eigenvalue weighted by Crippen LogP contribution is 2.16. The first-order valence-corrected chi connectivity index (χ1v) is 5.86. The first-order valence-electron chi connectivity index (χ1n) is 5.86. The molecule has 2 aromatic rings. The van der Waals surface area contributed by atoms with Gasteiger partial charge in [-0.1, -0.05) is 12.1 Å². The van der Waals surface area contributed by atoms with E-state index in [2.05, 4.69) is 41.6 Å². The lowest BCUT2D eigenvalue weighted by Crippen LogP contribution is -2.15. The molecule has 1 atom stereocenters. The number of hydrogen-bond donors (Lipinski definition) is 1. The lowest BCUT2D eigenvalue weighted by atomic mass is 10.2. The third-order valence-electron chi connectivity index (χ3n) is 2.89. The van der Waals surface area contributed by atoms with Crippen molar-refractivity contribution in [3.05, 3.63) is 30.1 Å². The number of nitrogens with two attached hydrogens (primary N) is 1. The molecule has 0 fully saturated rings. The van der Waals surface area contributed by atoms with Crippen LogP contribution < -0.4 is 5.73 Å². The summed E-state index contributed by atoms with van der Waals surface area (Å²) in [5.41, 5.74) is 8.07. The molecule has 1 aromatic carbocycles. The maximum absolute atomic E-state index is 5.76. The number of hydrogen-bond acceptors (Lipinski definition) is 2. The maximum atomic E-state index is 5.76. The Balaban J connectivity index is 2.19. The van der Waals surface area contributed by atoms with Gasteiger partial charge in [0.15, 0.2) is 0 Å². The second-order valence-corrected chi connectivity index (χ2v) is 4.42. The van der Waals surface area contributed by atoms with Crippen LogP contribution in [0.4, 0.5) is 0 Å². The van der Waals surface area contributed by atoms with Gasteiger partial charge < -0.3 is 10.3 Å². The summed E-state index contributed by atoms with van der Waals surface area (Å²) >= 11 is 0. The van der Waals surface area contributed by atoms with E-state index in [1.165, 1.54) is 5.52 Å². The molecular formula is C13H19N3. The van der Waals surface area contributed by atoms with Crippen molar-refractivity contribution in [1.82, 2.24) is 9.55 Å². The molecule has 0 amide bonds. The van der Waals surface area contributed by atoms with Gasteiger partial charge in [-0.15, -0.1) is 0 Å². The lowest BCUT2D eigenvalue weighted by molar-refractivity contribution is 0.558. The fourth-order valence-electron chi connectivity index (χ4n) is 2.05. The Morgan fingerprint density at radius 3 is 2.88 bits per heavy atom. The summed E-state index contributed by atoms with van der Waals surface area (Å²) < 4.78 is 2.28. The Morgan fingerprint density at radius 2 is 2.12 bits per heavy atom. The summed E-state index contributed by atoms with van der Waals surface area (Å²) in [6.45, 7) is 5.12. The van der Waals surface area contributed by atoms with E-state index in [1.807, 2.05) is 6.07 Å². The topological polar surface area (TPSA) is 43.8 Å². The van der Waals surface area contributed by atoms with Crippen molar-refractivity contribution in [3.8, 4) is 0 Å². The second kappa shape index (κ2) is 4.66. The molecule has 2 N–H and O–H groups in total. The Morgan fingerprint density at radius 1 is 1.38 bits per heavy atom. The molecule has 3 heteroatoms. The SMILES string of the molecule is Cc1nc2ccccc2n1CCCC(C)N. The lowest BCUT2D eigenvalue weighted by Gasteiger charge is -2.08. The van der Waals surface area contributed by atoms with Crippen LogP contribution in [0.3, 0.4) is 0 Å². The van der Waals surface area contributed by atoms with Gasteiger partial charge in [-0.2, -0.15) is 0 Å². The third-order valence-corrected chi connectivity index (χ3v) is 2.89. The molecule has 0 aliphatic heterocycles. The van der Waals surface area contributed by atoms with Crippen LogP contribution >= 0.6 is 0 Å². The summed E-state index contributed by atoms with van der Waals surface area (Å²) in [7, 11) is 0. The monoisotopic (exact) mass is 217 g/mol. The van der Waals surface area contributed by atoms with E-state index in [1.54, 1.807) is 0 Å². The standard InChI is InChI=1S/C13H19N3/c1-10(14)6-5-9-16-11(2)15-12-7-3-4-8-13(12)16/h3-4,7-8,10H,5-6,9,14H2,1-2H3. The minimum absolute atomic E-state index is 0.287. The minimum Gasteiger partial charge on any atom is -0.328 e. The summed E-state index contributed by atoms with van der Waals surface area (Å²) in [5, 5.41) is 0. The van der Waals surface area contributed by atoms with Crippen LogP contribution in [-0.2, 0) is 6.54 Å². The fourth-order valence-corrected chi connectivity index (χ4v) is 2.05. The van der Waals surface area contributed by atoms with Crippen molar-refractivity contribution >= 4 is 11.0 Å². The summed E-state index contributed by atoms with van der Waals surface area (Å²) in [6.07, 6.45) is 2.17. The molecule has 0 aliphatic rings. The summed E-state index contributed by atoms with van der Waals surface area (Å²) in [4.78, 5) is 4.54. The Labute approximate surface area is 96.3 Å². The molecule has 0 spiro atoms. The van der Waals surface area contributed by atoms with Crippen LogP contribution in [0.25, 0.3) is 11.0 Å². The zero-order valence-electron chi connectivity index (χ0n) is 9.98. The Bertz CT molecular complexity index is 471. The first kappa shape index (κ1) is 11.1. The van der Waals surface area contributed by atoms with Crippen molar-refractivity contribution < 1.29 is 0 Å². The number of aryl methyl sites for hydroxylation is 2. The van der Waals surface area contributed by atoms with E-state index in [4.69, 9.17) is 5.73 Å². The van der Waals surface area contributed by atoms with Gasteiger partial charge in [0.1, 0.15) is 5.82 Å². The molecule has 16 heavy (non-hydrogen) atoms. The van der Waals surface area contributed by atoms with Crippen LogP contribution in [0.2, 0.25) is 0 Å². The van der Waals surface area contributed by atoms with E-state index in [0.717, 1.165) is 30.7 Å². The number of para-hydroxylation sites is 2. The van der Waals surface area contributed by atoms with E-state index in [0.29, 0.717) is 0 Å². The number of aromatic nitrogens is 2. The Hall–Kier alpha value is -1.35. The Kier molecular flexibility index (Phi) is 3.25. The molecule has 1 unspecified atom stereocenters. The van der Waals surface area contributed by atoms with Gasteiger partial charge in [-0.05, 0) is 38.8 Å². The average molecular weight is 217 g/mol. The summed E-state index contributed by atoms with van der Waals surface area (Å²) in [5.74, 6) is 1.09. The molecular weight excluding hydrogens is 198 g/mol. The van der Waals surface area contributed by atoms with E-state index < -0.39 is 0 Å². The van der Waals surface area contributed by atoms with E-state index >= 15 is 0 Å². The predicted molar refractivity (Wildman–Crippen MR) is 67.4 cm³/mol. The van der Waals surface area contributed by atoms with Crippen molar-refractivity contribution in [1.29, 1.82) is 0 Å². The number of fused-ring (bicyclic) bond motifs is 1. The molecule has 0 saturated carbocycles. The number of nitrogens with zero attached hydrogens (tertiary/aromatic N) is 2. The van der Waals surface area contributed by atoms with Crippen LogP contribution in [0, 0.1) is 6.92 Å². The van der Waals surface area contributed by atoms with Crippen LogP contribution in [0.15, 0.2) is 24.3 Å². The number of benzene rings is 1. The van der Waals surface area contributed by atoms with Crippen LogP contribution in [-0.4, -0.2) is 15.6 Å². The first-order chi connectivity index (χ1) is 7.68. The second-order valence-electron chi connectivity index (χ2n) is 4.42. The van der Waals surface area contributed by atoms with Gasteiger partial charge in [0.05, 0.1) is 11.0 Å². The quantitative estimate of drug-likeness (QED) is 0.855. The largest absolute Gasteiger partial charge is 0.328 e. The van der Waals surface area contributed by atoms with Crippen molar-refractivity contribution in [2.24, 2.45) is 5.73 Å². The van der Waals surface area contributed by atoms with Gasteiger partial charge >= 0.3 is 0 Å². The highest BCUT2D eigenvalue weighted by atomic mass is 15.1. The third kappa shape index (κ3) is 2.25. The smallest absolute Gasteiger partial charge is 0.106 e. The highest BCUT2D eigenvalue weighted by Gasteiger charge is 2.06. The molecule has 1 heterocycles. The van der Waals surface area contributed by atoms with Gasteiger partial charge in [0, 0.05) is 12.6 Å². The number of rotatable bonds is 4. The normalized spacial score (nSPS) is 13.2. The molecule has 0 aliphatic carbocycles. The minimum atomic E-state index is 0.287. The molecule has 86 valence electrons.